The third-order valence-corrected chi connectivity index (χ3v) is 15.2. The fraction of sp³-hybridized carbons (Fsp3) is 0.404. The number of nitrogens with one attached hydrogen (secondary N) is 3. The van der Waals surface area contributed by atoms with Gasteiger partial charge in [-0.1, -0.05) is 41.8 Å². The van der Waals surface area contributed by atoms with Crippen molar-refractivity contribution in [1.29, 1.82) is 0 Å². The number of aryl methyl sites for hydroxylation is 1. The van der Waals surface area contributed by atoms with E-state index in [4.69, 9.17) is 16.3 Å². The Kier molecular flexibility index (Phi) is 12.1. The molecular formula is C47H52ClN7O6S. The lowest BCUT2D eigenvalue weighted by atomic mass is 9.59. The van der Waals surface area contributed by atoms with Crippen molar-refractivity contribution in [2.75, 3.05) is 50.7 Å². The van der Waals surface area contributed by atoms with Crippen LogP contribution in [0.15, 0.2) is 95.7 Å². The number of aromatic nitrogens is 2. The molecule has 1 spiro atoms. The van der Waals surface area contributed by atoms with Crippen LogP contribution in [0, 0.1) is 21.4 Å². The van der Waals surface area contributed by atoms with E-state index in [1.165, 1.54) is 54.5 Å². The Morgan fingerprint density at radius 1 is 0.984 bits per heavy atom. The number of benzene rings is 3. The van der Waals surface area contributed by atoms with Gasteiger partial charge in [0.05, 0.1) is 21.6 Å². The van der Waals surface area contributed by atoms with E-state index in [-0.39, 0.29) is 21.9 Å². The number of ether oxygens (including phenoxy) is 1. The van der Waals surface area contributed by atoms with Crippen molar-refractivity contribution < 1.29 is 22.9 Å². The van der Waals surface area contributed by atoms with Crippen molar-refractivity contribution in [3.8, 4) is 11.5 Å². The normalized spacial score (nSPS) is 18.5. The Morgan fingerprint density at radius 2 is 1.77 bits per heavy atom. The monoisotopic (exact) mass is 877 g/mol. The molecule has 2 aliphatic carbocycles. The zero-order chi connectivity index (χ0) is 42.8. The smallest absolute Gasteiger partial charge is 0.273 e. The van der Waals surface area contributed by atoms with Crippen LogP contribution in [0.4, 0.5) is 11.4 Å². The van der Waals surface area contributed by atoms with Crippen LogP contribution in [0.1, 0.15) is 79.3 Å². The second kappa shape index (κ2) is 17.8. The van der Waals surface area contributed by atoms with Crippen molar-refractivity contribution >= 4 is 55.5 Å². The van der Waals surface area contributed by atoms with Crippen LogP contribution in [-0.2, 0) is 16.4 Å². The first-order valence-corrected chi connectivity index (χ1v) is 23.6. The molecule has 0 radical (unpaired) electrons. The Hall–Kier alpha value is -5.28. The molecule has 4 heterocycles. The summed E-state index contributed by atoms with van der Waals surface area (Å²) in [7, 11) is -4.51. The van der Waals surface area contributed by atoms with E-state index in [1.807, 2.05) is 18.2 Å². The lowest BCUT2D eigenvalue weighted by Gasteiger charge is -2.47. The van der Waals surface area contributed by atoms with Gasteiger partial charge in [-0.3, -0.25) is 19.8 Å². The number of amides is 1. The number of carbonyl (C=O) groups is 1. The molecule has 324 valence electrons. The average molecular weight is 878 g/mol. The summed E-state index contributed by atoms with van der Waals surface area (Å²) in [6.07, 6.45) is 14.0. The highest BCUT2D eigenvalue weighted by Gasteiger charge is 2.41. The maximum atomic E-state index is 13.9. The molecule has 2 aliphatic heterocycles. The number of rotatable bonds is 13. The van der Waals surface area contributed by atoms with E-state index in [9.17, 15) is 23.3 Å². The highest BCUT2D eigenvalue weighted by Crippen LogP contribution is 2.55. The summed E-state index contributed by atoms with van der Waals surface area (Å²) in [6, 6.07) is 21.0. The zero-order valence-electron chi connectivity index (χ0n) is 34.7. The molecule has 4 aliphatic rings. The lowest BCUT2D eigenvalue weighted by Crippen LogP contribution is -2.47. The van der Waals surface area contributed by atoms with Gasteiger partial charge < -0.3 is 19.9 Å². The quantitative estimate of drug-likeness (QED) is 0.0769. The van der Waals surface area contributed by atoms with E-state index in [0.717, 1.165) is 100 Å². The summed E-state index contributed by atoms with van der Waals surface area (Å²) in [5.41, 5.74) is 6.41. The molecule has 1 amide bonds. The van der Waals surface area contributed by atoms with Crippen molar-refractivity contribution in [3.05, 3.63) is 123 Å². The predicted molar refractivity (Wildman–Crippen MR) is 241 cm³/mol. The number of nitro groups is 1. The van der Waals surface area contributed by atoms with Crippen molar-refractivity contribution in [2.24, 2.45) is 11.3 Å². The van der Waals surface area contributed by atoms with Gasteiger partial charge in [0.15, 0.2) is 0 Å². The number of aromatic amines is 1. The largest absolute Gasteiger partial charge is 0.455 e. The van der Waals surface area contributed by atoms with E-state index < -0.39 is 20.9 Å². The fourth-order valence-corrected chi connectivity index (χ4v) is 10.9. The van der Waals surface area contributed by atoms with Crippen molar-refractivity contribution in [2.45, 2.75) is 69.1 Å². The summed E-state index contributed by atoms with van der Waals surface area (Å²) in [6.45, 7) is 5.94. The molecule has 15 heteroatoms. The number of allylic oxidation sites excluding steroid dienone is 1. The number of nitrogens with zero attached hydrogens (tertiary/aromatic N) is 4. The van der Waals surface area contributed by atoms with Crippen LogP contribution in [0.2, 0.25) is 5.02 Å². The Balaban J connectivity index is 0.926. The lowest BCUT2D eigenvalue weighted by molar-refractivity contribution is -0.385. The first-order valence-electron chi connectivity index (χ1n) is 21.8. The minimum Gasteiger partial charge on any atom is -0.455 e. The summed E-state index contributed by atoms with van der Waals surface area (Å²) in [4.78, 5) is 37.4. The van der Waals surface area contributed by atoms with Crippen LogP contribution < -0.4 is 19.7 Å². The Bertz CT molecular complexity index is 2610. The molecule has 3 N–H and O–H groups in total. The maximum absolute atomic E-state index is 13.9. The number of nitro benzene ring substituents is 1. The van der Waals surface area contributed by atoms with E-state index in [2.05, 4.69) is 41.9 Å². The first kappa shape index (κ1) is 42.0. The standard InChI is InChI=1S/C47H52ClN7O6S/c48-37-7-4-33(5-8-37)42-29-47(16-1-17-47)18-12-36(42)31-53-22-24-54(25-23-53)38-9-11-41(44(27-38)61-39-26-35-15-21-50-45(35)51-30-39)46(56)52-62(59,60)40-10-6-34(43(28-40)55(57)58)3-2-32-13-19-49-20-14-32/h4-11,15,21,26-28,30,32,49H,1-3,12-14,16-20,22-25,29,31H2,(H,50,51)(H,52,56). The van der Waals surface area contributed by atoms with Gasteiger partial charge in [0, 0.05) is 72.7 Å². The van der Waals surface area contributed by atoms with Gasteiger partial charge in [-0.25, -0.2) is 18.1 Å². The predicted octanol–water partition coefficient (Wildman–Crippen LogP) is 8.90. The van der Waals surface area contributed by atoms with Gasteiger partial charge in [0.1, 0.15) is 17.1 Å². The van der Waals surface area contributed by atoms with Crippen LogP contribution in [-0.4, -0.2) is 79.9 Å². The van der Waals surface area contributed by atoms with Gasteiger partial charge >= 0.3 is 0 Å². The molecule has 2 aromatic heterocycles. The van der Waals surface area contributed by atoms with Gasteiger partial charge in [-0.15, -0.1) is 0 Å². The maximum Gasteiger partial charge on any atom is 0.273 e. The van der Waals surface area contributed by atoms with Gasteiger partial charge in [-0.2, -0.15) is 0 Å². The molecule has 9 rings (SSSR count). The molecule has 1 saturated carbocycles. The number of fused-ring (bicyclic) bond motifs is 1. The van der Waals surface area contributed by atoms with Crippen LogP contribution in [0.5, 0.6) is 11.5 Å². The minimum absolute atomic E-state index is 0.0126. The topological polar surface area (TPSA) is 163 Å². The first-order chi connectivity index (χ1) is 30.0. The van der Waals surface area contributed by atoms with E-state index in [0.29, 0.717) is 34.7 Å². The number of piperidine rings is 1. The molecule has 3 aromatic carbocycles. The number of hydrogen-bond donors (Lipinski definition) is 3. The summed E-state index contributed by atoms with van der Waals surface area (Å²) >= 11 is 6.28. The number of carbonyl (C=O) groups excluding carboxylic acids is 1. The summed E-state index contributed by atoms with van der Waals surface area (Å²) in [5.74, 6) is 0.0434. The highest BCUT2D eigenvalue weighted by atomic mass is 35.5. The summed E-state index contributed by atoms with van der Waals surface area (Å²) < 4.78 is 35.9. The zero-order valence-corrected chi connectivity index (χ0v) is 36.3. The second-order valence-electron chi connectivity index (χ2n) is 17.5. The third kappa shape index (κ3) is 9.24. The minimum atomic E-state index is -4.51. The summed E-state index contributed by atoms with van der Waals surface area (Å²) in [5, 5.41) is 17.0. The van der Waals surface area contributed by atoms with Crippen LogP contribution in [0.3, 0.4) is 0 Å². The number of H-pyrrole nitrogens is 1. The van der Waals surface area contributed by atoms with E-state index in [1.54, 1.807) is 36.7 Å². The fourth-order valence-electron chi connectivity index (χ4n) is 9.77. The Labute approximate surface area is 367 Å². The van der Waals surface area contributed by atoms with Crippen molar-refractivity contribution in [1.82, 2.24) is 24.9 Å². The van der Waals surface area contributed by atoms with Gasteiger partial charge in [0.2, 0.25) is 0 Å². The number of pyridine rings is 1. The Morgan fingerprint density at radius 3 is 2.52 bits per heavy atom. The number of anilines is 1. The molecule has 0 bridgehead atoms. The number of sulfonamides is 1. The highest BCUT2D eigenvalue weighted by molar-refractivity contribution is 7.90. The van der Waals surface area contributed by atoms with E-state index >= 15 is 0 Å². The molecule has 5 aromatic rings. The van der Waals surface area contributed by atoms with Gasteiger partial charge in [0.25, 0.3) is 21.6 Å². The molecule has 2 saturated heterocycles. The number of hydrogen-bond acceptors (Lipinski definition) is 10. The van der Waals surface area contributed by atoms with Crippen LogP contribution in [0.25, 0.3) is 16.6 Å². The van der Waals surface area contributed by atoms with Crippen molar-refractivity contribution in [3.63, 3.8) is 0 Å². The van der Waals surface area contributed by atoms with Crippen LogP contribution >= 0.6 is 11.6 Å². The second-order valence-corrected chi connectivity index (χ2v) is 19.6. The SMILES string of the molecule is O=C(NS(=O)(=O)c1ccc(CCC2CCNCC2)c([N+](=O)[O-])c1)c1ccc(N2CCN(CC3=C(c4ccc(Cl)cc4)CC4(CCC4)CC3)CC2)cc1Oc1cnc2[nH]ccc2c1. The molecular weight excluding hydrogens is 826 g/mol. The molecule has 0 unspecified atom stereocenters. The molecule has 0 atom stereocenters. The number of halogens is 1. The molecule has 62 heavy (non-hydrogen) atoms. The average Bonchev–Trinajstić information content (AvgIpc) is 3.74. The molecule has 13 nitrogen and oxygen atoms in total. The number of piperazine rings is 1. The van der Waals surface area contributed by atoms with Gasteiger partial charge in [-0.05, 0) is 136 Å². The third-order valence-electron chi connectivity index (χ3n) is 13.6. The molecule has 3 fully saturated rings.